The molecule has 2 rings (SSSR count). The third-order valence-corrected chi connectivity index (χ3v) is 2.51. The molecule has 1 heterocycles. The van der Waals surface area contributed by atoms with Crippen LogP contribution in [0.1, 0.15) is 43.1 Å². The number of nitrogens with zero attached hydrogens (tertiary/aromatic N) is 1. The Morgan fingerprint density at radius 2 is 2.25 bits per heavy atom. The molecule has 0 aromatic carbocycles. The second kappa shape index (κ2) is 3.27. The Balaban J connectivity index is 2.11. The van der Waals surface area contributed by atoms with Gasteiger partial charge in [-0.3, -0.25) is 0 Å². The summed E-state index contributed by atoms with van der Waals surface area (Å²) in [5.74, 6) is 1.16. The van der Waals surface area contributed by atoms with Crippen molar-refractivity contribution in [2.24, 2.45) is 0 Å². The van der Waals surface area contributed by atoms with Gasteiger partial charge in [-0.25, -0.2) is 0 Å². The molecule has 1 aromatic rings. The Labute approximate surface area is 71.4 Å². The Morgan fingerprint density at radius 1 is 1.50 bits per heavy atom. The lowest BCUT2D eigenvalue weighted by Crippen LogP contribution is -1.90. The van der Waals surface area contributed by atoms with Gasteiger partial charge in [0.2, 0.25) is 0 Å². The summed E-state index contributed by atoms with van der Waals surface area (Å²) >= 11 is 0. The van der Waals surface area contributed by atoms with Crippen molar-refractivity contribution in [3.05, 3.63) is 17.5 Å². The molecule has 0 saturated heterocycles. The summed E-state index contributed by atoms with van der Waals surface area (Å²) in [5, 5.41) is 12.7. The van der Waals surface area contributed by atoms with E-state index in [4.69, 9.17) is 9.63 Å². The van der Waals surface area contributed by atoms with Crippen molar-refractivity contribution in [3.8, 4) is 0 Å². The lowest BCUT2D eigenvalue weighted by Gasteiger charge is -2.00. The van der Waals surface area contributed by atoms with E-state index in [1.54, 1.807) is 0 Å². The van der Waals surface area contributed by atoms with E-state index in [1.807, 2.05) is 6.07 Å². The molecule has 0 radical (unpaired) electrons. The van der Waals surface area contributed by atoms with Gasteiger partial charge in [0.05, 0.1) is 5.69 Å². The monoisotopic (exact) mass is 167 g/mol. The minimum Gasteiger partial charge on any atom is -0.388 e. The molecule has 12 heavy (non-hydrogen) atoms. The van der Waals surface area contributed by atoms with Crippen molar-refractivity contribution in [1.82, 2.24) is 5.16 Å². The number of hydrogen-bond acceptors (Lipinski definition) is 3. The van der Waals surface area contributed by atoms with Gasteiger partial charge in [0, 0.05) is 12.0 Å². The molecule has 1 N–H and O–H groups in total. The maximum Gasteiger partial charge on any atom is 0.162 e. The van der Waals surface area contributed by atoms with Crippen LogP contribution in [0, 0.1) is 0 Å². The van der Waals surface area contributed by atoms with Gasteiger partial charge in [-0.05, 0) is 12.8 Å². The second-order valence-electron chi connectivity index (χ2n) is 3.36. The minimum atomic E-state index is -0.0419. The smallest absolute Gasteiger partial charge is 0.162 e. The van der Waals surface area contributed by atoms with E-state index in [1.165, 1.54) is 25.7 Å². The summed E-state index contributed by atoms with van der Waals surface area (Å²) in [6.07, 6.45) is 5.03. The molecule has 0 bridgehead atoms. The minimum absolute atomic E-state index is 0.0419. The summed E-state index contributed by atoms with van der Waals surface area (Å²) in [6.45, 7) is -0.0419. The number of aliphatic hydroxyl groups excluding tert-OH is 1. The van der Waals surface area contributed by atoms with Crippen molar-refractivity contribution in [3.63, 3.8) is 0 Å². The van der Waals surface area contributed by atoms with Crippen molar-refractivity contribution >= 4 is 0 Å². The highest BCUT2D eigenvalue weighted by atomic mass is 16.5. The highest BCUT2D eigenvalue weighted by Gasteiger charge is 2.20. The van der Waals surface area contributed by atoms with E-state index in [0.717, 1.165) is 5.69 Å². The molecule has 1 aromatic heterocycles. The zero-order valence-corrected chi connectivity index (χ0v) is 6.99. The van der Waals surface area contributed by atoms with Crippen LogP contribution in [0.5, 0.6) is 0 Å². The predicted octanol–water partition coefficient (Wildman–Crippen LogP) is 1.82. The normalized spacial score (nSPS) is 18.8. The van der Waals surface area contributed by atoms with Crippen molar-refractivity contribution in [1.29, 1.82) is 0 Å². The first-order chi connectivity index (χ1) is 5.90. The SMILES string of the molecule is OCc1cc(C2CCCC2)no1. The summed E-state index contributed by atoms with van der Waals surface area (Å²) in [6, 6.07) is 1.87. The van der Waals surface area contributed by atoms with Gasteiger partial charge in [-0.15, -0.1) is 0 Å². The fraction of sp³-hybridized carbons (Fsp3) is 0.667. The molecule has 3 nitrogen and oxygen atoms in total. The molecule has 1 saturated carbocycles. The highest BCUT2D eigenvalue weighted by molar-refractivity contribution is 5.11. The Hall–Kier alpha value is -0.830. The van der Waals surface area contributed by atoms with E-state index in [-0.39, 0.29) is 6.61 Å². The molecule has 0 atom stereocenters. The largest absolute Gasteiger partial charge is 0.388 e. The van der Waals surface area contributed by atoms with E-state index in [9.17, 15) is 0 Å². The van der Waals surface area contributed by atoms with E-state index >= 15 is 0 Å². The molecular weight excluding hydrogens is 154 g/mol. The van der Waals surface area contributed by atoms with Gasteiger partial charge < -0.3 is 9.63 Å². The maximum absolute atomic E-state index is 8.76. The van der Waals surface area contributed by atoms with Crippen LogP contribution in [0.4, 0.5) is 0 Å². The van der Waals surface area contributed by atoms with Crippen LogP contribution in [0.15, 0.2) is 10.6 Å². The van der Waals surface area contributed by atoms with Crippen molar-refractivity contribution in [2.75, 3.05) is 0 Å². The number of hydrogen-bond donors (Lipinski definition) is 1. The van der Waals surface area contributed by atoms with Gasteiger partial charge in [-0.2, -0.15) is 0 Å². The molecule has 0 unspecified atom stereocenters. The molecule has 66 valence electrons. The van der Waals surface area contributed by atoms with E-state index in [0.29, 0.717) is 11.7 Å². The van der Waals surface area contributed by atoms with Crippen LogP contribution in [0.25, 0.3) is 0 Å². The third kappa shape index (κ3) is 1.37. The fourth-order valence-electron chi connectivity index (χ4n) is 1.82. The van der Waals surface area contributed by atoms with Crippen LogP contribution in [0.3, 0.4) is 0 Å². The van der Waals surface area contributed by atoms with Gasteiger partial charge >= 0.3 is 0 Å². The van der Waals surface area contributed by atoms with Gasteiger partial charge in [0.15, 0.2) is 5.76 Å². The molecule has 0 spiro atoms. The van der Waals surface area contributed by atoms with Gasteiger partial charge in [-0.1, -0.05) is 18.0 Å². The Bertz CT molecular complexity index is 251. The van der Waals surface area contributed by atoms with Crippen LogP contribution >= 0.6 is 0 Å². The fourth-order valence-corrected chi connectivity index (χ4v) is 1.82. The van der Waals surface area contributed by atoms with Crippen LogP contribution < -0.4 is 0 Å². The maximum atomic E-state index is 8.76. The quantitative estimate of drug-likeness (QED) is 0.730. The second-order valence-corrected chi connectivity index (χ2v) is 3.36. The van der Waals surface area contributed by atoms with E-state index < -0.39 is 0 Å². The Morgan fingerprint density at radius 3 is 2.83 bits per heavy atom. The summed E-state index contributed by atoms with van der Waals surface area (Å²) < 4.78 is 4.93. The van der Waals surface area contributed by atoms with Gasteiger partial charge in [0.25, 0.3) is 0 Å². The highest BCUT2D eigenvalue weighted by Crippen LogP contribution is 2.33. The van der Waals surface area contributed by atoms with E-state index in [2.05, 4.69) is 5.16 Å². The first kappa shape index (κ1) is 7.80. The molecule has 1 aliphatic rings. The number of rotatable bonds is 2. The average Bonchev–Trinajstić information content (AvgIpc) is 2.75. The molecular formula is C9H13NO2. The first-order valence-electron chi connectivity index (χ1n) is 4.46. The predicted molar refractivity (Wildman–Crippen MR) is 43.6 cm³/mol. The number of aromatic nitrogens is 1. The standard InChI is InChI=1S/C9H13NO2/c11-6-8-5-9(10-12-8)7-3-1-2-4-7/h5,7,11H,1-4,6H2. The van der Waals surface area contributed by atoms with Crippen molar-refractivity contribution in [2.45, 2.75) is 38.2 Å². The van der Waals surface area contributed by atoms with Gasteiger partial charge in [0.1, 0.15) is 6.61 Å². The first-order valence-corrected chi connectivity index (χ1v) is 4.46. The Kier molecular flexibility index (Phi) is 2.13. The third-order valence-electron chi connectivity index (χ3n) is 2.51. The lowest BCUT2D eigenvalue weighted by molar-refractivity contribution is 0.228. The lowest BCUT2D eigenvalue weighted by atomic mass is 10.0. The van der Waals surface area contributed by atoms with Crippen molar-refractivity contribution < 1.29 is 9.63 Å². The zero-order valence-electron chi connectivity index (χ0n) is 6.99. The summed E-state index contributed by atoms with van der Waals surface area (Å²) in [7, 11) is 0. The summed E-state index contributed by atoms with van der Waals surface area (Å²) in [4.78, 5) is 0. The van der Waals surface area contributed by atoms with Crippen LogP contribution in [-0.4, -0.2) is 10.3 Å². The van der Waals surface area contributed by atoms with Crippen LogP contribution in [0.2, 0.25) is 0 Å². The molecule has 0 aliphatic heterocycles. The molecule has 1 fully saturated rings. The molecule has 3 heteroatoms. The van der Waals surface area contributed by atoms with Crippen LogP contribution in [-0.2, 0) is 6.61 Å². The number of aliphatic hydroxyl groups is 1. The average molecular weight is 167 g/mol. The molecule has 0 amide bonds. The summed E-state index contributed by atoms with van der Waals surface area (Å²) in [5.41, 5.74) is 1.02. The zero-order chi connectivity index (χ0) is 8.39. The molecule has 1 aliphatic carbocycles. The topological polar surface area (TPSA) is 46.3 Å².